The SMILES string of the molecule is C=C(/C=C\C(=C/C)c1cnn(C)c1)C1CCN(C(=O)c2ccc(C)c(NC(=O)c3ccc(NC(C)C)nc3)c2)CC1. The number of nitrogens with one attached hydrogen (secondary N) is 2. The lowest BCUT2D eigenvalue weighted by atomic mass is 9.89. The molecule has 2 amide bonds. The van der Waals surface area contributed by atoms with Crippen LogP contribution in [0.5, 0.6) is 0 Å². The molecule has 3 heterocycles. The monoisotopic (exact) mass is 552 g/mol. The molecule has 0 radical (unpaired) electrons. The van der Waals surface area contributed by atoms with E-state index in [4.69, 9.17) is 0 Å². The van der Waals surface area contributed by atoms with E-state index in [-0.39, 0.29) is 17.9 Å². The number of benzene rings is 1. The van der Waals surface area contributed by atoms with Crippen LogP contribution in [0.25, 0.3) is 5.57 Å². The molecule has 4 rings (SSSR count). The van der Waals surface area contributed by atoms with Crippen LogP contribution in [0.3, 0.4) is 0 Å². The molecule has 0 spiro atoms. The number of amides is 2. The van der Waals surface area contributed by atoms with Crippen LogP contribution in [-0.4, -0.2) is 50.6 Å². The first-order valence-corrected chi connectivity index (χ1v) is 14.1. The van der Waals surface area contributed by atoms with Gasteiger partial charge in [0.15, 0.2) is 0 Å². The predicted octanol–water partition coefficient (Wildman–Crippen LogP) is 6.26. The van der Waals surface area contributed by atoms with Crippen molar-refractivity contribution in [3.63, 3.8) is 0 Å². The van der Waals surface area contributed by atoms with Gasteiger partial charge < -0.3 is 15.5 Å². The highest BCUT2D eigenvalue weighted by Crippen LogP contribution is 2.27. The Morgan fingerprint density at radius 1 is 1.05 bits per heavy atom. The summed E-state index contributed by atoms with van der Waals surface area (Å²) in [6.45, 7) is 13.6. The van der Waals surface area contributed by atoms with Crippen molar-refractivity contribution in [2.24, 2.45) is 13.0 Å². The number of allylic oxidation sites excluding steroid dienone is 5. The van der Waals surface area contributed by atoms with Crippen molar-refractivity contribution in [2.45, 2.75) is 46.6 Å². The molecule has 0 atom stereocenters. The third-order valence-corrected chi connectivity index (χ3v) is 7.33. The number of piperidine rings is 1. The highest BCUT2D eigenvalue weighted by Gasteiger charge is 2.25. The van der Waals surface area contributed by atoms with Gasteiger partial charge in [-0.3, -0.25) is 14.3 Å². The fourth-order valence-electron chi connectivity index (χ4n) is 4.89. The van der Waals surface area contributed by atoms with Crippen LogP contribution in [-0.2, 0) is 7.05 Å². The summed E-state index contributed by atoms with van der Waals surface area (Å²) in [4.78, 5) is 32.5. The zero-order valence-electron chi connectivity index (χ0n) is 24.6. The zero-order chi connectivity index (χ0) is 29.5. The summed E-state index contributed by atoms with van der Waals surface area (Å²) >= 11 is 0. The van der Waals surface area contributed by atoms with Crippen LogP contribution >= 0.6 is 0 Å². The lowest BCUT2D eigenvalue weighted by Crippen LogP contribution is -2.38. The number of carbonyl (C=O) groups is 2. The van der Waals surface area contributed by atoms with Gasteiger partial charge in [-0.15, -0.1) is 0 Å². The Morgan fingerprint density at radius 2 is 1.78 bits per heavy atom. The quantitative estimate of drug-likeness (QED) is 0.306. The average Bonchev–Trinajstić information content (AvgIpc) is 3.40. The molecule has 214 valence electrons. The maximum Gasteiger partial charge on any atom is 0.257 e. The van der Waals surface area contributed by atoms with Crippen molar-refractivity contribution in [3.05, 3.63) is 102 Å². The number of carbonyl (C=O) groups excluding carboxylic acids is 2. The summed E-state index contributed by atoms with van der Waals surface area (Å²) in [5.74, 6) is 0.749. The van der Waals surface area contributed by atoms with Gasteiger partial charge in [0.25, 0.3) is 11.8 Å². The molecule has 1 fully saturated rings. The van der Waals surface area contributed by atoms with Crippen molar-refractivity contribution in [1.29, 1.82) is 0 Å². The van der Waals surface area contributed by atoms with Gasteiger partial charge in [-0.25, -0.2) is 4.98 Å². The molecule has 2 N–H and O–H groups in total. The largest absolute Gasteiger partial charge is 0.368 e. The lowest BCUT2D eigenvalue weighted by Gasteiger charge is -2.32. The Balaban J connectivity index is 1.34. The summed E-state index contributed by atoms with van der Waals surface area (Å²) in [6, 6.07) is 9.24. The van der Waals surface area contributed by atoms with E-state index in [1.165, 1.54) is 0 Å². The van der Waals surface area contributed by atoms with Crippen LogP contribution in [0.2, 0.25) is 0 Å². The topological polar surface area (TPSA) is 92.2 Å². The van der Waals surface area contributed by atoms with E-state index in [9.17, 15) is 9.59 Å². The molecule has 2 aromatic heterocycles. The molecule has 0 aliphatic carbocycles. The summed E-state index contributed by atoms with van der Waals surface area (Å²) in [6.07, 6.45) is 13.4. The van der Waals surface area contributed by atoms with Crippen molar-refractivity contribution < 1.29 is 9.59 Å². The van der Waals surface area contributed by atoms with Gasteiger partial charge in [-0.1, -0.05) is 36.4 Å². The van der Waals surface area contributed by atoms with E-state index in [0.29, 0.717) is 35.8 Å². The number of aryl methyl sites for hydroxylation is 2. The molecule has 1 aliphatic heterocycles. The number of pyridine rings is 1. The second-order valence-corrected chi connectivity index (χ2v) is 10.8. The van der Waals surface area contributed by atoms with Gasteiger partial charge >= 0.3 is 0 Å². The fourth-order valence-corrected chi connectivity index (χ4v) is 4.89. The number of hydrogen-bond acceptors (Lipinski definition) is 5. The van der Waals surface area contributed by atoms with Gasteiger partial charge in [0.1, 0.15) is 5.82 Å². The van der Waals surface area contributed by atoms with E-state index >= 15 is 0 Å². The molecule has 1 aromatic carbocycles. The number of nitrogens with zero attached hydrogens (tertiary/aromatic N) is 4. The highest BCUT2D eigenvalue weighted by molar-refractivity contribution is 6.05. The minimum absolute atomic E-state index is 0.0290. The number of rotatable bonds is 9. The Hall–Kier alpha value is -4.46. The Kier molecular flexibility index (Phi) is 9.55. The predicted molar refractivity (Wildman–Crippen MR) is 166 cm³/mol. The van der Waals surface area contributed by atoms with Gasteiger partial charge in [-0.05, 0) is 81.9 Å². The summed E-state index contributed by atoms with van der Waals surface area (Å²) in [7, 11) is 1.91. The summed E-state index contributed by atoms with van der Waals surface area (Å²) in [5.41, 5.74) is 5.76. The number of likely N-dealkylation sites (tertiary alicyclic amines) is 1. The Bertz CT molecular complexity index is 1460. The number of hydrogen-bond donors (Lipinski definition) is 2. The lowest BCUT2D eigenvalue weighted by molar-refractivity contribution is 0.0703. The smallest absolute Gasteiger partial charge is 0.257 e. The third-order valence-electron chi connectivity index (χ3n) is 7.33. The summed E-state index contributed by atoms with van der Waals surface area (Å²) < 4.78 is 1.79. The molecular formula is C33H40N6O2. The van der Waals surface area contributed by atoms with Crippen molar-refractivity contribution >= 4 is 28.9 Å². The molecule has 1 aliphatic rings. The van der Waals surface area contributed by atoms with E-state index in [2.05, 4.69) is 45.5 Å². The van der Waals surface area contributed by atoms with Gasteiger partial charge in [0.2, 0.25) is 0 Å². The van der Waals surface area contributed by atoms with Crippen LogP contribution in [0.1, 0.15) is 65.5 Å². The minimum atomic E-state index is -0.265. The molecule has 0 unspecified atom stereocenters. The van der Waals surface area contributed by atoms with Crippen LogP contribution < -0.4 is 10.6 Å². The highest BCUT2D eigenvalue weighted by atomic mass is 16.2. The maximum atomic E-state index is 13.4. The Labute approximate surface area is 242 Å². The standard InChI is InChI=1S/C33H40N6O2/c1-7-25(29-20-35-38(6)21-29)10-8-23(4)26-14-16-39(17-15-26)33(41)27-11-9-24(5)30(18-27)37-32(40)28-12-13-31(34-19-28)36-22(2)3/h7-13,18-22,26H,4,14-17H2,1-3,5-6H3,(H,34,36)(H,37,40)/b10-8-,25-7+. The summed E-state index contributed by atoms with van der Waals surface area (Å²) in [5, 5.41) is 10.4. The fraction of sp³-hybridized carbons (Fsp3) is 0.333. The molecule has 3 aromatic rings. The molecule has 8 nitrogen and oxygen atoms in total. The second-order valence-electron chi connectivity index (χ2n) is 10.8. The molecule has 1 saturated heterocycles. The second kappa shape index (κ2) is 13.3. The van der Waals surface area contributed by atoms with Crippen LogP contribution in [0.4, 0.5) is 11.5 Å². The number of anilines is 2. The first-order valence-electron chi connectivity index (χ1n) is 14.1. The maximum absolute atomic E-state index is 13.4. The first kappa shape index (κ1) is 29.5. The third kappa shape index (κ3) is 7.60. The van der Waals surface area contributed by atoms with Gasteiger partial charge in [0, 0.05) is 55.4 Å². The minimum Gasteiger partial charge on any atom is -0.368 e. The normalized spacial score (nSPS) is 14.5. The molecular weight excluding hydrogens is 512 g/mol. The number of aromatic nitrogens is 3. The van der Waals surface area contributed by atoms with E-state index < -0.39 is 0 Å². The van der Waals surface area contributed by atoms with Crippen molar-refractivity contribution in [2.75, 3.05) is 23.7 Å². The van der Waals surface area contributed by atoms with Crippen LogP contribution in [0.15, 0.2) is 79.3 Å². The molecule has 0 saturated carbocycles. The molecule has 8 heteroatoms. The molecule has 41 heavy (non-hydrogen) atoms. The van der Waals surface area contributed by atoms with Gasteiger partial charge in [0.05, 0.1) is 11.8 Å². The van der Waals surface area contributed by atoms with Crippen molar-refractivity contribution in [1.82, 2.24) is 19.7 Å². The van der Waals surface area contributed by atoms with E-state index in [0.717, 1.165) is 40.9 Å². The first-order chi connectivity index (χ1) is 19.6. The van der Waals surface area contributed by atoms with E-state index in [1.54, 1.807) is 29.1 Å². The Morgan fingerprint density at radius 3 is 2.39 bits per heavy atom. The molecule has 0 bridgehead atoms. The van der Waals surface area contributed by atoms with E-state index in [1.807, 2.05) is 64.2 Å². The zero-order valence-corrected chi connectivity index (χ0v) is 24.6. The van der Waals surface area contributed by atoms with Crippen molar-refractivity contribution in [3.8, 4) is 0 Å². The van der Waals surface area contributed by atoms with Gasteiger partial charge in [-0.2, -0.15) is 5.10 Å². The van der Waals surface area contributed by atoms with Crippen LogP contribution in [0, 0.1) is 12.8 Å². The average molecular weight is 553 g/mol.